The van der Waals surface area contributed by atoms with Crippen molar-refractivity contribution >= 4 is 11.9 Å². The lowest BCUT2D eigenvalue weighted by molar-refractivity contribution is -0.118. The number of imidazole rings is 1. The van der Waals surface area contributed by atoms with E-state index in [9.17, 15) is 4.79 Å². The van der Waals surface area contributed by atoms with Crippen LogP contribution in [0.15, 0.2) is 30.3 Å². The second-order valence-corrected chi connectivity index (χ2v) is 4.67. The number of carbonyl (C=O) groups is 1. The summed E-state index contributed by atoms with van der Waals surface area (Å²) in [4.78, 5) is 16.4. The molecule has 0 saturated carbocycles. The number of fused-ring (bicyclic) bond motifs is 1. The minimum absolute atomic E-state index is 0.0319. The number of amides is 1. The Labute approximate surface area is 106 Å². The number of anilines is 1. The summed E-state index contributed by atoms with van der Waals surface area (Å²) in [6, 6.07) is 9.89. The maximum Gasteiger partial charge on any atom is 0.250 e. The molecule has 0 aliphatic carbocycles. The molecule has 2 heterocycles. The molecule has 0 radical (unpaired) electrons. The van der Waals surface area contributed by atoms with E-state index in [1.807, 2.05) is 48.7 Å². The van der Waals surface area contributed by atoms with Crippen molar-refractivity contribution in [2.75, 3.05) is 5.32 Å². The Balaban J connectivity index is 1.96. The van der Waals surface area contributed by atoms with E-state index in [4.69, 9.17) is 0 Å². The smallest absolute Gasteiger partial charge is 0.250 e. The maximum atomic E-state index is 12.0. The topological polar surface area (TPSA) is 46.9 Å². The largest absolute Gasteiger partial charge is 0.301 e. The first-order valence-corrected chi connectivity index (χ1v) is 6.07. The minimum Gasteiger partial charge on any atom is -0.301 e. The molecule has 0 spiro atoms. The van der Waals surface area contributed by atoms with E-state index < -0.39 is 0 Å². The molecule has 1 aliphatic heterocycles. The van der Waals surface area contributed by atoms with Gasteiger partial charge in [0, 0.05) is 12.1 Å². The zero-order valence-corrected chi connectivity index (χ0v) is 10.5. The zero-order chi connectivity index (χ0) is 12.7. The van der Waals surface area contributed by atoms with Gasteiger partial charge in [0.2, 0.25) is 11.9 Å². The fourth-order valence-corrected chi connectivity index (χ4v) is 2.43. The van der Waals surface area contributed by atoms with E-state index >= 15 is 0 Å². The van der Waals surface area contributed by atoms with Gasteiger partial charge in [-0.1, -0.05) is 30.3 Å². The van der Waals surface area contributed by atoms with Crippen LogP contribution in [0.2, 0.25) is 0 Å². The van der Waals surface area contributed by atoms with E-state index in [-0.39, 0.29) is 11.9 Å². The van der Waals surface area contributed by atoms with E-state index in [0.29, 0.717) is 12.4 Å². The molecule has 0 unspecified atom stereocenters. The number of aryl methyl sites for hydroxylation is 1. The van der Waals surface area contributed by atoms with Crippen molar-refractivity contribution in [3.8, 4) is 0 Å². The molecule has 1 aromatic carbocycles. The van der Waals surface area contributed by atoms with Crippen molar-refractivity contribution in [1.82, 2.24) is 9.55 Å². The summed E-state index contributed by atoms with van der Waals surface area (Å²) in [6.45, 7) is 3.97. The number of nitrogens with zero attached hydrogens (tertiary/aromatic N) is 2. The molecule has 0 saturated heterocycles. The predicted molar refractivity (Wildman–Crippen MR) is 69.5 cm³/mol. The van der Waals surface area contributed by atoms with Crippen LogP contribution in [-0.4, -0.2) is 15.5 Å². The van der Waals surface area contributed by atoms with Crippen LogP contribution in [0.5, 0.6) is 0 Å². The van der Waals surface area contributed by atoms with Gasteiger partial charge in [-0.25, -0.2) is 4.98 Å². The molecule has 3 rings (SSSR count). The highest BCUT2D eigenvalue weighted by molar-refractivity contribution is 5.96. The van der Waals surface area contributed by atoms with Gasteiger partial charge in [0.1, 0.15) is 6.04 Å². The monoisotopic (exact) mass is 241 g/mol. The molecule has 0 fully saturated rings. The third-order valence-corrected chi connectivity index (χ3v) is 3.51. The Kier molecular flexibility index (Phi) is 2.44. The first-order valence-electron chi connectivity index (χ1n) is 6.07. The van der Waals surface area contributed by atoms with E-state index in [1.54, 1.807) is 0 Å². The number of benzene rings is 1. The molecule has 4 heteroatoms. The van der Waals surface area contributed by atoms with Crippen molar-refractivity contribution in [2.24, 2.45) is 0 Å². The molecular weight excluding hydrogens is 226 g/mol. The van der Waals surface area contributed by atoms with Crippen molar-refractivity contribution in [2.45, 2.75) is 26.3 Å². The van der Waals surface area contributed by atoms with Crippen LogP contribution in [-0.2, 0) is 11.2 Å². The first kappa shape index (κ1) is 11.0. The molecular formula is C14H15N3O. The lowest BCUT2D eigenvalue weighted by Gasteiger charge is -2.12. The number of rotatable bonds is 2. The van der Waals surface area contributed by atoms with Crippen molar-refractivity contribution in [3.05, 3.63) is 47.3 Å². The van der Waals surface area contributed by atoms with Crippen molar-refractivity contribution < 1.29 is 4.79 Å². The van der Waals surface area contributed by atoms with Crippen molar-refractivity contribution in [3.63, 3.8) is 0 Å². The summed E-state index contributed by atoms with van der Waals surface area (Å²) in [6.07, 6.45) is 0.705. The van der Waals surface area contributed by atoms with E-state index in [2.05, 4.69) is 10.3 Å². The van der Waals surface area contributed by atoms with Gasteiger partial charge >= 0.3 is 0 Å². The molecule has 1 N–H and O–H groups in total. The molecule has 92 valence electrons. The lowest BCUT2D eigenvalue weighted by atomic mass is 10.1. The molecule has 2 aromatic rings. The molecule has 1 aliphatic rings. The number of hydrogen-bond donors (Lipinski definition) is 1. The van der Waals surface area contributed by atoms with Gasteiger partial charge in [0.15, 0.2) is 0 Å². The molecule has 4 nitrogen and oxygen atoms in total. The second-order valence-electron chi connectivity index (χ2n) is 4.67. The zero-order valence-electron chi connectivity index (χ0n) is 10.5. The lowest BCUT2D eigenvalue weighted by Crippen LogP contribution is -2.19. The SMILES string of the molecule is Cc1nc2n(c1C)[C@@H](Cc1ccccc1)C(=O)N2. The summed E-state index contributed by atoms with van der Waals surface area (Å²) in [7, 11) is 0. The van der Waals surface area contributed by atoms with Gasteiger partial charge in [0.05, 0.1) is 5.69 Å². The Bertz CT molecular complexity index is 601. The Morgan fingerprint density at radius 2 is 2.00 bits per heavy atom. The fourth-order valence-electron chi connectivity index (χ4n) is 2.43. The normalized spacial score (nSPS) is 17.7. The Morgan fingerprint density at radius 3 is 2.72 bits per heavy atom. The number of carbonyl (C=O) groups excluding carboxylic acids is 1. The summed E-state index contributed by atoms with van der Waals surface area (Å²) in [5, 5.41) is 2.84. The average molecular weight is 241 g/mol. The summed E-state index contributed by atoms with van der Waals surface area (Å²) >= 11 is 0. The summed E-state index contributed by atoms with van der Waals surface area (Å²) < 4.78 is 2.00. The Morgan fingerprint density at radius 1 is 1.28 bits per heavy atom. The van der Waals surface area contributed by atoms with Gasteiger partial charge in [-0.3, -0.25) is 10.1 Å². The second kappa shape index (κ2) is 3.98. The molecule has 1 aromatic heterocycles. The van der Waals surface area contributed by atoms with E-state index in [1.165, 1.54) is 0 Å². The highest BCUT2D eigenvalue weighted by Crippen LogP contribution is 2.30. The third-order valence-electron chi connectivity index (χ3n) is 3.51. The number of nitrogens with one attached hydrogen (secondary N) is 1. The average Bonchev–Trinajstić information content (AvgIpc) is 2.80. The van der Waals surface area contributed by atoms with Crippen LogP contribution < -0.4 is 5.32 Å². The van der Waals surface area contributed by atoms with Crippen LogP contribution in [0, 0.1) is 13.8 Å². The van der Waals surface area contributed by atoms with Gasteiger partial charge in [0.25, 0.3) is 0 Å². The number of aromatic nitrogens is 2. The maximum absolute atomic E-state index is 12.0. The Hall–Kier alpha value is -2.10. The van der Waals surface area contributed by atoms with Crippen LogP contribution >= 0.6 is 0 Å². The van der Waals surface area contributed by atoms with Crippen molar-refractivity contribution in [1.29, 1.82) is 0 Å². The van der Waals surface area contributed by atoms with Crippen LogP contribution in [0.3, 0.4) is 0 Å². The highest BCUT2D eigenvalue weighted by Gasteiger charge is 2.33. The van der Waals surface area contributed by atoms with Crippen LogP contribution in [0.25, 0.3) is 0 Å². The number of hydrogen-bond acceptors (Lipinski definition) is 2. The van der Waals surface area contributed by atoms with Crippen LogP contribution in [0.4, 0.5) is 5.95 Å². The van der Waals surface area contributed by atoms with Gasteiger partial charge < -0.3 is 4.57 Å². The first-order chi connectivity index (χ1) is 8.66. The van der Waals surface area contributed by atoms with Gasteiger partial charge in [-0.15, -0.1) is 0 Å². The van der Waals surface area contributed by atoms with Gasteiger partial charge in [-0.05, 0) is 19.4 Å². The van der Waals surface area contributed by atoms with E-state index in [0.717, 1.165) is 17.0 Å². The molecule has 0 bridgehead atoms. The third kappa shape index (κ3) is 1.61. The van der Waals surface area contributed by atoms with Gasteiger partial charge in [-0.2, -0.15) is 0 Å². The predicted octanol–water partition coefficient (Wildman–Crippen LogP) is 2.24. The summed E-state index contributed by atoms with van der Waals surface area (Å²) in [5.74, 6) is 0.709. The fraction of sp³-hybridized carbons (Fsp3) is 0.286. The molecule has 18 heavy (non-hydrogen) atoms. The molecule has 1 amide bonds. The van der Waals surface area contributed by atoms with Crippen LogP contribution in [0.1, 0.15) is 23.0 Å². The standard InChI is InChI=1S/C14H15N3O/c1-9-10(2)17-12(13(18)16-14(17)15-9)8-11-6-4-3-5-7-11/h3-7,12H,8H2,1-2H3,(H,15,16,18)/t12-/m0/s1. The summed E-state index contributed by atoms with van der Waals surface area (Å²) in [5.41, 5.74) is 3.20. The minimum atomic E-state index is -0.177. The molecule has 1 atom stereocenters. The highest BCUT2D eigenvalue weighted by atomic mass is 16.2. The quantitative estimate of drug-likeness (QED) is 0.876.